The van der Waals surface area contributed by atoms with Gasteiger partial charge in [0.2, 0.25) is 11.7 Å². The minimum Gasteiger partial charge on any atom is -0.339 e. The van der Waals surface area contributed by atoms with Crippen molar-refractivity contribution in [3.05, 3.63) is 41.2 Å². The van der Waals surface area contributed by atoms with E-state index in [1.54, 1.807) is 40.8 Å². The monoisotopic (exact) mass is 360 g/mol. The van der Waals surface area contributed by atoms with Gasteiger partial charge in [-0.3, -0.25) is 0 Å². The lowest BCUT2D eigenvalue weighted by Gasteiger charge is -2.00. The Balaban J connectivity index is 1.33. The molecule has 0 radical (unpaired) electrons. The molecule has 0 saturated carbocycles. The van der Waals surface area contributed by atoms with Gasteiger partial charge in [-0.05, 0) is 29.3 Å². The van der Waals surface area contributed by atoms with Gasteiger partial charge in [0.05, 0.1) is 15.1 Å². The third-order valence-electron chi connectivity index (χ3n) is 3.19. The van der Waals surface area contributed by atoms with Crippen molar-refractivity contribution in [2.24, 2.45) is 0 Å². The third-order valence-corrected chi connectivity index (χ3v) is 6.18. The largest absolute Gasteiger partial charge is 0.339 e. The van der Waals surface area contributed by atoms with Crippen LogP contribution in [0.25, 0.3) is 20.9 Å². The minimum absolute atomic E-state index is 0.679. The van der Waals surface area contributed by atoms with Gasteiger partial charge in [-0.15, -0.1) is 34.4 Å². The Kier molecular flexibility index (Phi) is 4.36. The van der Waals surface area contributed by atoms with Gasteiger partial charge in [-0.25, -0.2) is 9.97 Å². The first kappa shape index (κ1) is 14.8. The number of hydrogen-bond donors (Lipinski definition) is 0. The summed E-state index contributed by atoms with van der Waals surface area (Å²) in [5.74, 6) is 2.33. The summed E-state index contributed by atoms with van der Waals surface area (Å²) in [4.78, 5) is 14.1. The average Bonchev–Trinajstić information content (AvgIpc) is 3.32. The van der Waals surface area contributed by atoms with Crippen LogP contribution in [0.4, 0.5) is 0 Å². The van der Waals surface area contributed by atoms with Crippen LogP contribution in [0.3, 0.4) is 0 Å². The Morgan fingerprint density at radius 3 is 3.04 bits per heavy atom. The number of thioether (sulfide) groups is 1. The maximum absolute atomic E-state index is 5.31. The summed E-state index contributed by atoms with van der Waals surface area (Å²) in [6, 6.07) is 6.01. The molecular formula is C15H12N4OS3. The summed E-state index contributed by atoms with van der Waals surface area (Å²) >= 11 is 5.05. The first-order valence-corrected chi connectivity index (χ1v) is 9.82. The molecule has 4 rings (SSSR count). The Labute approximate surface area is 144 Å². The van der Waals surface area contributed by atoms with Crippen molar-refractivity contribution in [2.45, 2.75) is 17.9 Å². The Bertz CT molecular complexity index is 900. The topological polar surface area (TPSA) is 64.7 Å². The van der Waals surface area contributed by atoms with Crippen molar-refractivity contribution in [1.29, 1.82) is 0 Å². The van der Waals surface area contributed by atoms with Gasteiger partial charge in [0, 0.05) is 12.2 Å². The van der Waals surface area contributed by atoms with E-state index in [1.165, 1.54) is 0 Å². The summed E-state index contributed by atoms with van der Waals surface area (Å²) in [6.45, 7) is 0. The fourth-order valence-electron chi connectivity index (χ4n) is 2.12. The smallest absolute Gasteiger partial charge is 0.227 e. The molecule has 4 heterocycles. The van der Waals surface area contributed by atoms with Crippen LogP contribution in [0, 0.1) is 0 Å². The zero-order valence-corrected chi connectivity index (χ0v) is 14.5. The maximum Gasteiger partial charge on any atom is 0.227 e. The highest BCUT2D eigenvalue weighted by atomic mass is 32.2. The molecule has 0 aliphatic rings. The molecule has 0 spiro atoms. The molecule has 0 saturated heterocycles. The van der Waals surface area contributed by atoms with Gasteiger partial charge in [-0.1, -0.05) is 11.2 Å². The molecule has 0 atom stereocenters. The zero-order valence-electron chi connectivity index (χ0n) is 12.0. The van der Waals surface area contributed by atoms with Crippen molar-refractivity contribution in [1.82, 2.24) is 20.1 Å². The number of thiophene rings is 2. The van der Waals surface area contributed by atoms with Gasteiger partial charge in [0.25, 0.3) is 0 Å². The number of aromatic nitrogens is 4. The predicted molar refractivity (Wildman–Crippen MR) is 94.1 cm³/mol. The van der Waals surface area contributed by atoms with E-state index in [0.29, 0.717) is 11.7 Å². The highest BCUT2D eigenvalue weighted by molar-refractivity contribution is 7.99. The van der Waals surface area contributed by atoms with E-state index in [1.807, 2.05) is 29.0 Å². The standard InChI is InChI=1S/C15H12N4OS3/c1-3-11(21-6-1)14-18-12(20-19-14)4-2-7-23-15-13-10(5-8-22-13)16-9-17-15/h1,3,5-6,8-9H,2,4,7H2. The maximum atomic E-state index is 5.31. The van der Waals surface area contributed by atoms with Crippen LogP contribution in [0.2, 0.25) is 0 Å². The van der Waals surface area contributed by atoms with Crippen molar-refractivity contribution in [2.75, 3.05) is 5.75 Å². The molecule has 0 N–H and O–H groups in total. The molecule has 0 amide bonds. The molecule has 23 heavy (non-hydrogen) atoms. The van der Waals surface area contributed by atoms with Gasteiger partial charge in [0.15, 0.2) is 0 Å². The lowest BCUT2D eigenvalue weighted by molar-refractivity contribution is 0.378. The second-order valence-corrected chi connectivity index (χ2v) is 7.70. The van der Waals surface area contributed by atoms with E-state index in [0.717, 1.165) is 38.7 Å². The fourth-order valence-corrected chi connectivity index (χ4v) is 4.66. The van der Waals surface area contributed by atoms with Crippen molar-refractivity contribution < 1.29 is 4.52 Å². The molecule has 4 aromatic heterocycles. The van der Waals surface area contributed by atoms with E-state index in [2.05, 4.69) is 20.1 Å². The lowest BCUT2D eigenvalue weighted by atomic mass is 10.3. The van der Waals surface area contributed by atoms with Crippen LogP contribution < -0.4 is 0 Å². The van der Waals surface area contributed by atoms with Gasteiger partial charge >= 0.3 is 0 Å². The molecular weight excluding hydrogens is 348 g/mol. The Morgan fingerprint density at radius 2 is 2.13 bits per heavy atom. The van der Waals surface area contributed by atoms with Gasteiger partial charge in [-0.2, -0.15) is 4.98 Å². The molecule has 0 aliphatic heterocycles. The normalized spacial score (nSPS) is 11.3. The first-order chi connectivity index (χ1) is 11.4. The van der Waals surface area contributed by atoms with Crippen LogP contribution >= 0.6 is 34.4 Å². The number of hydrogen-bond acceptors (Lipinski definition) is 8. The van der Waals surface area contributed by atoms with E-state index < -0.39 is 0 Å². The van der Waals surface area contributed by atoms with Crippen LogP contribution in [-0.2, 0) is 6.42 Å². The summed E-state index contributed by atoms with van der Waals surface area (Å²) in [6.07, 6.45) is 3.38. The van der Waals surface area contributed by atoms with Crippen LogP contribution in [0.5, 0.6) is 0 Å². The first-order valence-electron chi connectivity index (χ1n) is 7.07. The number of fused-ring (bicyclic) bond motifs is 1. The number of aryl methyl sites for hydroxylation is 1. The fraction of sp³-hybridized carbons (Fsp3) is 0.200. The molecule has 0 bridgehead atoms. The van der Waals surface area contributed by atoms with Crippen LogP contribution in [-0.4, -0.2) is 25.9 Å². The summed E-state index contributed by atoms with van der Waals surface area (Å²) < 4.78 is 6.47. The Morgan fingerprint density at radius 1 is 1.13 bits per heavy atom. The highest BCUT2D eigenvalue weighted by Gasteiger charge is 2.10. The predicted octanol–water partition coefficient (Wildman–Crippen LogP) is 4.53. The molecule has 0 unspecified atom stereocenters. The summed E-state index contributed by atoms with van der Waals surface area (Å²) in [7, 11) is 0. The van der Waals surface area contributed by atoms with Crippen LogP contribution in [0.1, 0.15) is 12.3 Å². The van der Waals surface area contributed by atoms with Crippen molar-refractivity contribution >= 4 is 44.7 Å². The molecule has 0 fully saturated rings. The lowest BCUT2D eigenvalue weighted by Crippen LogP contribution is -1.90. The highest BCUT2D eigenvalue weighted by Crippen LogP contribution is 2.29. The van der Waals surface area contributed by atoms with E-state index in [-0.39, 0.29) is 0 Å². The zero-order chi connectivity index (χ0) is 15.5. The summed E-state index contributed by atoms with van der Waals surface area (Å²) in [5.41, 5.74) is 1.02. The second-order valence-electron chi connectivity index (χ2n) is 4.75. The van der Waals surface area contributed by atoms with E-state index >= 15 is 0 Å². The van der Waals surface area contributed by atoms with Crippen molar-refractivity contribution in [3.8, 4) is 10.7 Å². The SMILES string of the molecule is c1csc(-c2noc(CCCSc3ncnc4ccsc34)n2)c1. The number of rotatable bonds is 6. The van der Waals surface area contributed by atoms with Gasteiger partial charge in [0.1, 0.15) is 11.4 Å². The minimum atomic E-state index is 0.679. The molecule has 8 heteroatoms. The van der Waals surface area contributed by atoms with Crippen molar-refractivity contribution in [3.63, 3.8) is 0 Å². The average molecular weight is 360 g/mol. The molecule has 0 aromatic carbocycles. The summed E-state index contributed by atoms with van der Waals surface area (Å²) in [5, 5.41) is 9.14. The van der Waals surface area contributed by atoms with E-state index in [9.17, 15) is 0 Å². The molecule has 5 nitrogen and oxygen atoms in total. The number of nitrogens with zero attached hydrogens (tertiary/aromatic N) is 4. The Hall–Kier alpha value is -1.77. The van der Waals surface area contributed by atoms with Gasteiger partial charge < -0.3 is 4.52 Å². The third kappa shape index (κ3) is 3.29. The molecule has 4 aromatic rings. The molecule has 0 aliphatic carbocycles. The van der Waals surface area contributed by atoms with Crippen LogP contribution in [0.15, 0.2) is 44.8 Å². The second kappa shape index (κ2) is 6.77. The van der Waals surface area contributed by atoms with E-state index in [4.69, 9.17) is 4.52 Å². The quantitative estimate of drug-likeness (QED) is 0.286. The molecule has 116 valence electrons.